The van der Waals surface area contributed by atoms with Crippen LogP contribution in [0.4, 0.5) is 14.5 Å². The highest BCUT2D eigenvalue weighted by molar-refractivity contribution is 7.99. The number of rotatable bonds is 6. The molecule has 1 rings (SSSR count). The van der Waals surface area contributed by atoms with Gasteiger partial charge in [0, 0.05) is 23.7 Å². The van der Waals surface area contributed by atoms with Gasteiger partial charge in [0.2, 0.25) is 5.91 Å². The van der Waals surface area contributed by atoms with Gasteiger partial charge in [-0.25, -0.2) is 0 Å². The van der Waals surface area contributed by atoms with Crippen LogP contribution < -0.4 is 10.6 Å². The molecule has 2 N–H and O–H groups in total. The molecule has 0 fully saturated rings. The lowest BCUT2D eigenvalue weighted by atomic mass is 10.3. The number of nitrogens with zero attached hydrogens (tertiary/aromatic N) is 1. The predicted molar refractivity (Wildman–Crippen MR) is 90.4 cm³/mol. The second-order valence-electron chi connectivity index (χ2n) is 4.91. The van der Waals surface area contributed by atoms with E-state index in [2.05, 4.69) is 10.6 Å². The third-order valence-corrected chi connectivity index (χ3v) is 3.64. The summed E-state index contributed by atoms with van der Waals surface area (Å²) in [4.78, 5) is 13.7. The summed E-state index contributed by atoms with van der Waals surface area (Å²) in [6.07, 6.45) is 0. The summed E-state index contributed by atoms with van der Waals surface area (Å²) < 4.78 is 24.5. The monoisotopic (exact) mass is 347 g/mol. The molecule has 1 aromatic carbocycles. The fourth-order valence-electron chi connectivity index (χ4n) is 1.59. The van der Waals surface area contributed by atoms with Crippen molar-refractivity contribution in [3.05, 3.63) is 24.3 Å². The zero-order valence-corrected chi connectivity index (χ0v) is 14.2. The fourth-order valence-corrected chi connectivity index (χ4v) is 2.27. The van der Waals surface area contributed by atoms with E-state index in [-0.39, 0.29) is 18.5 Å². The number of alkyl halides is 2. The van der Waals surface area contributed by atoms with Crippen LogP contribution in [0.1, 0.15) is 13.8 Å². The quantitative estimate of drug-likeness (QED) is 0.611. The normalized spacial score (nSPS) is 10.7. The summed E-state index contributed by atoms with van der Waals surface area (Å²) in [6.45, 7) is 3.91. The maximum atomic E-state index is 12.2. The largest absolute Gasteiger partial charge is 0.352 e. The summed E-state index contributed by atoms with van der Waals surface area (Å²) in [6, 6.07) is 6.58. The molecule has 1 amide bonds. The van der Waals surface area contributed by atoms with Crippen molar-refractivity contribution in [2.45, 2.75) is 30.5 Å². The van der Waals surface area contributed by atoms with E-state index in [4.69, 9.17) is 12.2 Å². The minimum absolute atomic E-state index is 0.0716. The molecule has 0 saturated carbocycles. The average molecular weight is 347 g/mol. The summed E-state index contributed by atoms with van der Waals surface area (Å²) >= 11 is 5.69. The number of amides is 1. The van der Waals surface area contributed by atoms with E-state index in [0.29, 0.717) is 27.5 Å². The lowest BCUT2D eigenvalue weighted by molar-refractivity contribution is -0.121. The van der Waals surface area contributed by atoms with Crippen molar-refractivity contribution in [1.29, 1.82) is 0 Å². The van der Waals surface area contributed by atoms with Gasteiger partial charge >= 0.3 is 0 Å². The number of benzene rings is 1. The van der Waals surface area contributed by atoms with Gasteiger partial charge in [0.25, 0.3) is 5.76 Å². The Morgan fingerprint density at radius 2 is 1.91 bits per heavy atom. The van der Waals surface area contributed by atoms with Crippen molar-refractivity contribution in [2.24, 2.45) is 0 Å². The lowest BCUT2D eigenvalue weighted by Gasteiger charge is -2.21. The van der Waals surface area contributed by atoms with Gasteiger partial charge in [-0.1, -0.05) is 11.8 Å². The Kier molecular flexibility index (Phi) is 7.53. The van der Waals surface area contributed by atoms with E-state index < -0.39 is 5.76 Å². The number of likely N-dealkylation sites (N-methyl/N-ethyl adjacent to an activating group) is 1. The summed E-state index contributed by atoms with van der Waals surface area (Å²) in [5.74, 6) is -2.56. The molecular formula is C14H19F2N3OS2. The number of nitrogens with one attached hydrogen (secondary N) is 2. The summed E-state index contributed by atoms with van der Waals surface area (Å²) in [5.41, 5.74) is 0.680. The molecule has 1 aromatic rings. The van der Waals surface area contributed by atoms with Crippen LogP contribution in [0.5, 0.6) is 0 Å². The third kappa shape index (κ3) is 7.04. The number of hydrogen-bond donors (Lipinski definition) is 2. The van der Waals surface area contributed by atoms with Crippen molar-refractivity contribution in [3.63, 3.8) is 0 Å². The van der Waals surface area contributed by atoms with Gasteiger partial charge in [0.15, 0.2) is 5.11 Å². The van der Waals surface area contributed by atoms with Gasteiger partial charge in [0.05, 0.1) is 6.54 Å². The molecule has 22 heavy (non-hydrogen) atoms. The van der Waals surface area contributed by atoms with E-state index in [0.717, 1.165) is 0 Å². The Bertz CT molecular complexity index is 509. The van der Waals surface area contributed by atoms with Gasteiger partial charge in [-0.05, 0) is 50.3 Å². The topological polar surface area (TPSA) is 44.4 Å². The van der Waals surface area contributed by atoms with Crippen LogP contribution >= 0.6 is 24.0 Å². The Morgan fingerprint density at radius 1 is 1.32 bits per heavy atom. The van der Waals surface area contributed by atoms with E-state index in [9.17, 15) is 13.6 Å². The minimum atomic E-state index is -2.44. The maximum Gasteiger partial charge on any atom is 0.288 e. The van der Waals surface area contributed by atoms with Crippen molar-refractivity contribution in [1.82, 2.24) is 10.2 Å². The number of carbonyl (C=O) groups excluding carboxylic acids is 1. The van der Waals surface area contributed by atoms with E-state index in [1.807, 2.05) is 13.8 Å². The molecule has 0 unspecified atom stereocenters. The molecule has 0 aromatic heterocycles. The van der Waals surface area contributed by atoms with Crippen LogP contribution in [0.25, 0.3) is 0 Å². The molecule has 0 atom stereocenters. The van der Waals surface area contributed by atoms with Crippen molar-refractivity contribution in [3.8, 4) is 0 Å². The number of hydrogen-bond acceptors (Lipinski definition) is 3. The molecule has 0 saturated heterocycles. The first-order valence-corrected chi connectivity index (χ1v) is 7.93. The van der Waals surface area contributed by atoms with Crippen LogP contribution in [0.2, 0.25) is 0 Å². The highest BCUT2D eigenvalue weighted by Crippen LogP contribution is 2.26. The molecule has 0 aliphatic heterocycles. The smallest absolute Gasteiger partial charge is 0.288 e. The number of anilines is 1. The molecule has 4 nitrogen and oxygen atoms in total. The van der Waals surface area contributed by atoms with Crippen LogP contribution in [0, 0.1) is 0 Å². The molecule has 0 aliphatic carbocycles. The second kappa shape index (κ2) is 8.89. The van der Waals surface area contributed by atoms with Crippen LogP contribution in [0.3, 0.4) is 0 Å². The number of thioether (sulfide) groups is 1. The molecule has 122 valence electrons. The Balaban J connectivity index is 2.51. The van der Waals surface area contributed by atoms with E-state index >= 15 is 0 Å². The standard InChI is InChI=1S/C14H19F2N3OS2/c1-9(2)17-12(20)8-19(3)14(21)18-10-4-6-11(7-5-10)22-13(15)16/h4-7,9,13H,8H2,1-3H3,(H,17,20)(H,18,21). The highest BCUT2D eigenvalue weighted by atomic mass is 32.2. The van der Waals surface area contributed by atoms with E-state index in [1.165, 1.54) is 0 Å². The molecular weight excluding hydrogens is 328 g/mol. The van der Waals surface area contributed by atoms with Crippen molar-refractivity contribution in [2.75, 3.05) is 18.9 Å². The highest BCUT2D eigenvalue weighted by Gasteiger charge is 2.11. The van der Waals surface area contributed by atoms with E-state index in [1.54, 1.807) is 36.2 Å². The van der Waals surface area contributed by atoms with Gasteiger partial charge in [-0.2, -0.15) is 8.78 Å². The second-order valence-corrected chi connectivity index (χ2v) is 6.36. The van der Waals surface area contributed by atoms with Crippen LogP contribution in [-0.2, 0) is 4.79 Å². The van der Waals surface area contributed by atoms with Gasteiger partial charge in [0.1, 0.15) is 0 Å². The predicted octanol–water partition coefficient (Wildman–Crippen LogP) is 3.15. The summed E-state index contributed by atoms with van der Waals surface area (Å²) in [5, 5.41) is 6.12. The first kappa shape index (κ1) is 18.6. The zero-order chi connectivity index (χ0) is 16.7. The maximum absolute atomic E-state index is 12.2. The SMILES string of the molecule is CC(C)NC(=O)CN(C)C(=S)Nc1ccc(SC(F)F)cc1. The Hall–Kier alpha value is -1.41. The first-order valence-electron chi connectivity index (χ1n) is 6.64. The lowest BCUT2D eigenvalue weighted by Crippen LogP contribution is -2.42. The van der Waals surface area contributed by atoms with Crippen molar-refractivity contribution >= 4 is 40.7 Å². The Labute approximate surface area is 138 Å². The molecule has 0 radical (unpaired) electrons. The summed E-state index contributed by atoms with van der Waals surface area (Å²) in [7, 11) is 1.70. The molecule has 8 heteroatoms. The number of thiocarbonyl (C=S) groups is 1. The van der Waals surface area contributed by atoms with Gasteiger partial charge < -0.3 is 15.5 Å². The molecule has 0 spiro atoms. The zero-order valence-electron chi connectivity index (χ0n) is 12.6. The molecule has 0 heterocycles. The third-order valence-electron chi connectivity index (χ3n) is 2.51. The number of halogens is 2. The van der Waals surface area contributed by atoms with Crippen molar-refractivity contribution < 1.29 is 13.6 Å². The first-order chi connectivity index (χ1) is 10.3. The van der Waals surface area contributed by atoms with Crippen LogP contribution in [-0.4, -0.2) is 41.3 Å². The number of carbonyl (C=O) groups is 1. The molecule has 0 bridgehead atoms. The van der Waals surface area contributed by atoms with Crippen LogP contribution in [0.15, 0.2) is 29.2 Å². The van der Waals surface area contributed by atoms with Gasteiger partial charge in [-0.15, -0.1) is 0 Å². The Morgan fingerprint density at radius 3 is 2.41 bits per heavy atom. The fraction of sp³-hybridized carbons (Fsp3) is 0.429. The minimum Gasteiger partial charge on any atom is -0.352 e. The average Bonchev–Trinajstić information content (AvgIpc) is 2.39. The molecule has 0 aliphatic rings. The van der Waals surface area contributed by atoms with Gasteiger partial charge in [-0.3, -0.25) is 4.79 Å².